The van der Waals surface area contributed by atoms with Crippen LogP contribution in [0.1, 0.15) is 5.56 Å². The second-order valence-corrected chi connectivity index (χ2v) is 4.87. The van der Waals surface area contributed by atoms with Gasteiger partial charge in [0.1, 0.15) is 12.4 Å². The van der Waals surface area contributed by atoms with Gasteiger partial charge in [0.05, 0.1) is 6.61 Å². The highest BCUT2D eigenvalue weighted by molar-refractivity contribution is 5.89. The summed E-state index contributed by atoms with van der Waals surface area (Å²) in [5.74, 6) is 0.741. The van der Waals surface area contributed by atoms with Crippen LogP contribution in [0.3, 0.4) is 0 Å². The number of aliphatic hydroxyl groups excluding tert-OH is 1. The quantitative estimate of drug-likeness (QED) is 0.862. The van der Waals surface area contributed by atoms with Gasteiger partial charge in [-0.1, -0.05) is 30.3 Å². The van der Waals surface area contributed by atoms with Gasteiger partial charge in [0.25, 0.3) is 0 Å². The Balaban J connectivity index is 1.86. The summed E-state index contributed by atoms with van der Waals surface area (Å²) in [5, 5.41) is 11.6. The van der Waals surface area contributed by atoms with Gasteiger partial charge in [-0.2, -0.15) is 0 Å². The van der Waals surface area contributed by atoms with Crippen molar-refractivity contribution in [2.75, 3.05) is 25.5 Å². The largest absolute Gasteiger partial charge is 0.489 e. The van der Waals surface area contributed by atoms with Crippen molar-refractivity contribution in [1.82, 2.24) is 4.90 Å². The second kappa shape index (κ2) is 8.05. The maximum atomic E-state index is 11.8. The molecule has 0 saturated heterocycles. The summed E-state index contributed by atoms with van der Waals surface area (Å²) in [4.78, 5) is 13.2. The molecule has 0 bridgehead atoms. The molecule has 0 heterocycles. The Bertz CT molecular complexity index is 585. The molecular formula is C17H20N2O3. The predicted molar refractivity (Wildman–Crippen MR) is 86.0 cm³/mol. The number of benzene rings is 2. The SMILES string of the molecule is CN(CCO)C(=O)Nc1ccc(OCc2ccccc2)cc1. The van der Waals surface area contributed by atoms with Crippen molar-refractivity contribution >= 4 is 11.7 Å². The van der Waals surface area contributed by atoms with Crippen molar-refractivity contribution in [2.45, 2.75) is 6.61 Å². The van der Waals surface area contributed by atoms with E-state index in [1.54, 1.807) is 19.2 Å². The summed E-state index contributed by atoms with van der Waals surface area (Å²) in [5.41, 5.74) is 1.78. The Morgan fingerprint density at radius 3 is 2.45 bits per heavy atom. The minimum Gasteiger partial charge on any atom is -0.489 e. The van der Waals surface area contributed by atoms with Gasteiger partial charge in [0, 0.05) is 19.3 Å². The summed E-state index contributed by atoms with van der Waals surface area (Å²) in [6.07, 6.45) is 0. The molecule has 0 spiro atoms. The number of hydrogen-bond acceptors (Lipinski definition) is 3. The Morgan fingerprint density at radius 2 is 1.82 bits per heavy atom. The highest BCUT2D eigenvalue weighted by Crippen LogP contribution is 2.17. The number of rotatable bonds is 6. The number of carbonyl (C=O) groups excluding carboxylic acids is 1. The summed E-state index contributed by atoms with van der Waals surface area (Å²) in [6, 6.07) is 16.9. The highest BCUT2D eigenvalue weighted by Gasteiger charge is 2.07. The first-order valence-corrected chi connectivity index (χ1v) is 7.09. The topological polar surface area (TPSA) is 61.8 Å². The smallest absolute Gasteiger partial charge is 0.321 e. The second-order valence-electron chi connectivity index (χ2n) is 4.87. The first-order chi connectivity index (χ1) is 10.7. The maximum absolute atomic E-state index is 11.8. The van der Waals surface area contributed by atoms with Crippen molar-refractivity contribution < 1.29 is 14.6 Å². The van der Waals surface area contributed by atoms with Gasteiger partial charge >= 0.3 is 6.03 Å². The number of aliphatic hydroxyl groups is 1. The Kier molecular flexibility index (Phi) is 5.80. The van der Waals surface area contributed by atoms with Crippen LogP contribution in [-0.2, 0) is 6.61 Å². The number of nitrogens with one attached hydrogen (secondary N) is 1. The van der Waals surface area contributed by atoms with Crippen LogP contribution in [0.15, 0.2) is 54.6 Å². The van der Waals surface area contributed by atoms with Crippen LogP contribution in [0.4, 0.5) is 10.5 Å². The van der Waals surface area contributed by atoms with Crippen molar-refractivity contribution in [3.05, 3.63) is 60.2 Å². The molecule has 0 saturated carbocycles. The van der Waals surface area contributed by atoms with E-state index in [4.69, 9.17) is 9.84 Å². The molecule has 0 unspecified atom stereocenters. The third kappa shape index (κ3) is 4.79. The molecule has 0 aliphatic heterocycles. The van der Waals surface area contributed by atoms with E-state index in [9.17, 15) is 4.79 Å². The fraction of sp³-hybridized carbons (Fsp3) is 0.235. The van der Waals surface area contributed by atoms with Crippen molar-refractivity contribution in [3.63, 3.8) is 0 Å². The van der Waals surface area contributed by atoms with E-state index in [2.05, 4.69) is 5.32 Å². The summed E-state index contributed by atoms with van der Waals surface area (Å²) >= 11 is 0. The van der Waals surface area contributed by atoms with E-state index >= 15 is 0 Å². The minimum absolute atomic E-state index is 0.0593. The number of likely N-dealkylation sites (N-methyl/N-ethyl adjacent to an activating group) is 1. The molecule has 22 heavy (non-hydrogen) atoms. The lowest BCUT2D eigenvalue weighted by molar-refractivity contribution is 0.202. The van der Waals surface area contributed by atoms with Crippen LogP contribution in [0.5, 0.6) is 5.75 Å². The van der Waals surface area contributed by atoms with Crippen LogP contribution in [0, 0.1) is 0 Å². The van der Waals surface area contributed by atoms with Crippen LogP contribution < -0.4 is 10.1 Å². The zero-order valence-corrected chi connectivity index (χ0v) is 12.5. The molecule has 2 aromatic rings. The van der Waals surface area contributed by atoms with Gasteiger partial charge in [0.15, 0.2) is 0 Å². The average Bonchev–Trinajstić information content (AvgIpc) is 2.55. The first-order valence-electron chi connectivity index (χ1n) is 7.09. The van der Waals surface area contributed by atoms with Gasteiger partial charge < -0.3 is 20.1 Å². The van der Waals surface area contributed by atoms with Crippen LogP contribution >= 0.6 is 0 Å². The van der Waals surface area contributed by atoms with Gasteiger partial charge in [-0.15, -0.1) is 0 Å². The zero-order valence-electron chi connectivity index (χ0n) is 12.5. The number of hydrogen-bond donors (Lipinski definition) is 2. The number of amides is 2. The monoisotopic (exact) mass is 300 g/mol. The van der Waals surface area contributed by atoms with Gasteiger partial charge in [-0.3, -0.25) is 0 Å². The van der Waals surface area contributed by atoms with Crippen molar-refractivity contribution in [1.29, 1.82) is 0 Å². The molecule has 2 rings (SSSR count). The molecule has 116 valence electrons. The third-order valence-corrected chi connectivity index (χ3v) is 3.14. The molecular weight excluding hydrogens is 280 g/mol. The average molecular weight is 300 g/mol. The molecule has 0 radical (unpaired) electrons. The third-order valence-electron chi connectivity index (χ3n) is 3.14. The normalized spacial score (nSPS) is 10.1. The van der Waals surface area contributed by atoms with E-state index in [0.29, 0.717) is 18.8 Å². The van der Waals surface area contributed by atoms with Crippen LogP contribution in [0.25, 0.3) is 0 Å². The number of urea groups is 1. The van der Waals surface area contributed by atoms with E-state index < -0.39 is 0 Å². The lowest BCUT2D eigenvalue weighted by Gasteiger charge is -2.16. The molecule has 0 fully saturated rings. The number of anilines is 1. The van der Waals surface area contributed by atoms with E-state index in [1.165, 1.54) is 4.90 Å². The van der Waals surface area contributed by atoms with Gasteiger partial charge in [-0.05, 0) is 29.8 Å². The summed E-state index contributed by atoms with van der Waals surface area (Å²) < 4.78 is 5.68. The van der Waals surface area contributed by atoms with Crippen LogP contribution in [0.2, 0.25) is 0 Å². The highest BCUT2D eigenvalue weighted by atomic mass is 16.5. The lowest BCUT2D eigenvalue weighted by atomic mass is 10.2. The van der Waals surface area contributed by atoms with Crippen molar-refractivity contribution in [3.8, 4) is 5.75 Å². The van der Waals surface area contributed by atoms with E-state index in [0.717, 1.165) is 11.3 Å². The Labute approximate surface area is 130 Å². The molecule has 0 aliphatic carbocycles. The summed E-state index contributed by atoms with van der Waals surface area (Å²) in [7, 11) is 1.63. The lowest BCUT2D eigenvalue weighted by Crippen LogP contribution is -2.33. The number of carbonyl (C=O) groups is 1. The maximum Gasteiger partial charge on any atom is 0.321 e. The molecule has 2 aromatic carbocycles. The zero-order chi connectivity index (χ0) is 15.8. The van der Waals surface area contributed by atoms with E-state index in [-0.39, 0.29) is 12.6 Å². The van der Waals surface area contributed by atoms with Gasteiger partial charge in [0.2, 0.25) is 0 Å². The van der Waals surface area contributed by atoms with Crippen LogP contribution in [-0.4, -0.2) is 36.2 Å². The Morgan fingerprint density at radius 1 is 1.14 bits per heavy atom. The predicted octanol–water partition coefficient (Wildman–Crippen LogP) is 2.72. The molecule has 2 amide bonds. The van der Waals surface area contributed by atoms with Gasteiger partial charge in [-0.25, -0.2) is 4.79 Å². The molecule has 0 aliphatic rings. The van der Waals surface area contributed by atoms with Crippen molar-refractivity contribution in [2.24, 2.45) is 0 Å². The molecule has 0 atom stereocenters. The molecule has 2 N–H and O–H groups in total. The summed E-state index contributed by atoms with van der Waals surface area (Å²) in [6.45, 7) is 0.742. The molecule has 5 nitrogen and oxygen atoms in total. The standard InChI is InChI=1S/C17H20N2O3/c1-19(11-12-20)17(21)18-15-7-9-16(10-8-15)22-13-14-5-3-2-4-6-14/h2-10,20H,11-13H2,1H3,(H,18,21). The Hall–Kier alpha value is -2.53. The fourth-order valence-electron chi connectivity index (χ4n) is 1.85. The van der Waals surface area contributed by atoms with E-state index in [1.807, 2.05) is 42.5 Å². The molecule has 5 heteroatoms. The minimum atomic E-state index is -0.257. The molecule has 0 aromatic heterocycles. The number of nitrogens with zero attached hydrogens (tertiary/aromatic N) is 1. The first kappa shape index (κ1) is 15.9. The fourth-order valence-corrected chi connectivity index (χ4v) is 1.85. The number of ether oxygens (including phenoxy) is 1.